The topological polar surface area (TPSA) is 67.9 Å². The van der Waals surface area contributed by atoms with E-state index in [9.17, 15) is 9.59 Å². The maximum Gasteiger partial charge on any atom is 0.261 e. The van der Waals surface area contributed by atoms with Crippen molar-refractivity contribution >= 4 is 23.4 Å². The van der Waals surface area contributed by atoms with Crippen molar-refractivity contribution in [3.63, 3.8) is 0 Å². The van der Waals surface area contributed by atoms with E-state index in [0.29, 0.717) is 29.0 Å². The lowest BCUT2D eigenvalue weighted by Crippen LogP contribution is -2.49. The smallest absolute Gasteiger partial charge is 0.261 e. The van der Waals surface area contributed by atoms with E-state index in [-0.39, 0.29) is 25.0 Å². The van der Waals surface area contributed by atoms with E-state index in [4.69, 9.17) is 21.1 Å². The number of halogens is 1. The Kier molecular flexibility index (Phi) is 8.99. The van der Waals surface area contributed by atoms with E-state index in [1.54, 1.807) is 38.3 Å². The molecule has 2 rings (SSSR count). The molecule has 0 bridgehead atoms. The van der Waals surface area contributed by atoms with Crippen LogP contribution in [0.25, 0.3) is 0 Å². The molecule has 1 N–H and O–H groups in total. The number of carbonyl (C=O) groups excluding carboxylic acids is 2. The van der Waals surface area contributed by atoms with E-state index in [2.05, 4.69) is 5.32 Å². The predicted molar refractivity (Wildman–Crippen MR) is 118 cm³/mol. The summed E-state index contributed by atoms with van der Waals surface area (Å²) in [6, 6.07) is 13.5. The normalized spacial score (nSPS) is 11.7. The van der Waals surface area contributed by atoms with Crippen molar-refractivity contribution in [1.82, 2.24) is 10.2 Å². The molecule has 2 amide bonds. The Labute approximate surface area is 183 Å². The van der Waals surface area contributed by atoms with Gasteiger partial charge in [-0.25, -0.2) is 0 Å². The number of methoxy groups -OCH3 is 1. The number of hydrogen-bond donors (Lipinski definition) is 1. The molecular weight excluding hydrogens is 404 g/mol. The summed E-state index contributed by atoms with van der Waals surface area (Å²) in [5.74, 6) is 1.04. The molecule has 0 spiro atoms. The van der Waals surface area contributed by atoms with Crippen molar-refractivity contribution in [1.29, 1.82) is 0 Å². The Morgan fingerprint density at radius 2 is 1.77 bits per heavy atom. The molecule has 0 aliphatic rings. The zero-order valence-corrected chi connectivity index (χ0v) is 18.6. The third-order valence-corrected chi connectivity index (χ3v) is 4.77. The predicted octanol–water partition coefficient (Wildman–Crippen LogP) is 3.92. The van der Waals surface area contributed by atoms with Gasteiger partial charge >= 0.3 is 0 Å². The van der Waals surface area contributed by atoms with Crippen molar-refractivity contribution in [2.75, 3.05) is 20.3 Å². The summed E-state index contributed by atoms with van der Waals surface area (Å²) in [4.78, 5) is 27.1. The number of benzene rings is 2. The molecule has 30 heavy (non-hydrogen) atoms. The highest BCUT2D eigenvalue weighted by molar-refractivity contribution is 6.30. The third kappa shape index (κ3) is 7.26. The maximum absolute atomic E-state index is 13.0. The van der Waals surface area contributed by atoms with Gasteiger partial charge in [-0.1, -0.05) is 37.6 Å². The molecule has 0 saturated heterocycles. The summed E-state index contributed by atoms with van der Waals surface area (Å²) < 4.78 is 10.9. The van der Waals surface area contributed by atoms with Crippen molar-refractivity contribution in [3.05, 3.63) is 59.1 Å². The molecular formula is C23H29ClN2O4. The highest BCUT2D eigenvalue weighted by atomic mass is 35.5. The Bertz CT molecular complexity index is 839. The van der Waals surface area contributed by atoms with E-state index in [1.165, 1.54) is 4.90 Å². The minimum absolute atomic E-state index is 0.187. The van der Waals surface area contributed by atoms with Gasteiger partial charge in [-0.2, -0.15) is 0 Å². The van der Waals surface area contributed by atoms with Gasteiger partial charge in [-0.05, 0) is 54.8 Å². The van der Waals surface area contributed by atoms with E-state index in [0.717, 1.165) is 5.56 Å². The Morgan fingerprint density at radius 1 is 1.07 bits per heavy atom. The Morgan fingerprint density at radius 3 is 2.40 bits per heavy atom. The van der Waals surface area contributed by atoms with Crippen LogP contribution >= 0.6 is 11.6 Å². The van der Waals surface area contributed by atoms with Gasteiger partial charge in [0.05, 0.1) is 7.11 Å². The number of amides is 2. The van der Waals surface area contributed by atoms with E-state index < -0.39 is 6.04 Å². The summed E-state index contributed by atoms with van der Waals surface area (Å²) in [7, 11) is 1.59. The fourth-order valence-electron chi connectivity index (χ4n) is 2.76. The van der Waals surface area contributed by atoms with Crippen molar-refractivity contribution in [3.8, 4) is 11.5 Å². The van der Waals surface area contributed by atoms with Gasteiger partial charge in [-0.15, -0.1) is 0 Å². The van der Waals surface area contributed by atoms with E-state index >= 15 is 0 Å². The molecule has 0 heterocycles. The maximum atomic E-state index is 13.0. The highest BCUT2D eigenvalue weighted by Crippen LogP contribution is 2.18. The van der Waals surface area contributed by atoms with Crippen molar-refractivity contribution in [2.24, 2.45) is 5.92 Å². The molecule has 0 fully saturated rings. The Hall–Kier alpha value is -2.73. The first kappa shape index (κ1) is 23.5. The second kappa shape index (κ2) is 11.5. The minimum Gasteiger partial charge on any atom is -0.497 e. The van der Waals surface area contributed by atoms with Gasteiger partial charge in [0.25, 0.3) is 5.91 Å². The number of nitrogens with one attached hydrogen (secondary N) is 1. The molecule has 1 atom stereocenters. The average Bonchev–Trinajstić information content (AvgIpc) is 2.74. The summed E-state index contributed by atoms with van der Waals surface area (Å²) in [5.41, 5.74) is 0.859. The van der Waals surface area contributed by atoms with Crippen LogP contribution in [-0.2, 0) is 16.1 Å². The van der Waals surface area contributed by atoms with E-state index in [1.807, 2.05) is 38.1 Å². The van der Waals surface area contributed by atoms with Gasteiger partial charge in [0.15, 0.2) is 6.61 Å². The molecule has 0 aliphatic heterocycles. The molecule has 6 nitrogen and oxygen atoms in total. The second-order valence-corrected chi connectivity index (χ2v) is 7.87. The summed E-state index contributed by atoms with van der Waals surface area (Å²) >= 11 is 5.88. The van der Waals surface area contributed by atoms with Gasteiger partial charge in [0.1, 0.15) is 17.5 Å². The van der Waals surface area contributed by atoms with Gasteiger partial charge in [0.2, 0.25) is 5.91 Å². The van der Waals surface area contributed by atoms with Crippen molar-refractivity contribution < 1.29 is 19.1 Å². The van der Waals surface area contributed by atoms with Crippen LogP contribution in [0.1, 0.15) is 26.3 Å². The largest absolute Gasteiger partial charge is 0.497 e. The van der Waals surface area contributed by atoms with Crippen LogP contribution in [0.5, 0.6) is 11.5 Å². The first-order chi connectivity index (χ1) is 14.3. The number of nitrogens with zero attached hydrogens (tertiary/aromatic N) is 1. The van der Waals surface area contributed by atoms with Crippen LogP contribution in [0.4, 0.5) is 0 Å². The number of hydrogen-bond acceptors (Lipinski definition) is 4. The minimum atomic E-state index is -0.656. The average molecular weight is 433 g/mol. The SMILES string of the molecule is COc1cccc(CN(C(=O)COc2ccc(Cl)cc2)[C@H](C)C(=O)NCC(C)C)c1. The first-order valence-corrected chi connectivity index (χ1v) is 10.3. The molecule has 2 aromatic carbocycles. The molecule has 0 aliphatic carbocycles. The Balaban J connectivity index is 2.14. The lowest BCUT2D eigenvalue weighted by Gasteiger charge is -2.29. The second-order valence-electron chi connectivity index (χ2n) is 7.43. The molecule has 0 unspecified atom stereocenters. The van der Waals surface area contributed by atoms with Crippen LogP contribution in [0.3, 0.4) is 0 Å². The van der Waals surface area contributed by atoms with Crippen LogP contribution in [0.2, 0.25) is 5.02 Å². The summed E-state index contributed by atoms with van der Waals surface area (Å²) in [5, 5.41) is 3.48. The van der Waals surface area contributed by atoms with Gasteiger partial charge in [-0.3, -0.25) is 9.59 Å². The highest BCUT2D eigenvalue weighted by Gasteiger charge is 2.26. The fourth-order valence-corrected chi connectivity index (χ4v) is 2.89. The monoisotopic (exact) mass is 432 g/mol. The quantitative estimate of drug-likeness (QED) is 0.618. The lowest BCUT2D eigenvalue weighted by atomic mass is 10.1. The number of carbonyl (C=O) groups is 2. The van der Waals surface area contributed by atoms with Crippen LogP contribution < -0.4 is 14.8 Å². The molecule has 2 aromatic rings. The van der Waals surface area contributed by atoms with Gasteiger partial charge in [0, 0.05) is 18.1 Å². The third-order valence-electron chi connectivity index (χ3n) is 4.51. The van der Waals surface area contributed by atoms with Crippen LogP contribution in [0.15, 0.2) is 48.5 Å². The molecule has 0 radical (unpaired) electrons. The molecule has 7 heteroatoms. The zero-order valence-electron chi connectivity index (χ0n) is 17.9. The lowest BCUT2D eigenvalue weighted by molar-refractivity contribution is -0.142. The number of rotatable bonds is 10. The molecule has 162 valence electrons. The fraction of sp³-hybridized carbons (Fsp3) is 0.391. The van der Waals surface area contributed by atoms with Crippen LogP contribution in [-0.4, -0.2) is 43.0 Å². The van der Waals surface area contributed by atoms with Crippen LogP contribution in [0, 0.1) is 5.92 Å². The molecule has 0 saturated carbocycles. The summed E-state index contributed by atoms with van der Waals surface area (Å²) in [6.45, 7) is 6.37. The van der Waals surface area contributed by atoms with Gasteiger partial charge < -0.3 is 19.7 Å². The first-order valence-electron chi connectivity index (χ1n) is 9.88. The number of ether oxygens (including phenoxy) is 2. The molecule has 0 aromatic heterocycles. The summed E-state index contributed by atoms with van der Waals surface area (Å²) in [6.07, 6.45) is 0. The standard InChI is InChI=1S/C23H29ClN2O4/c1-16(2)13-25-23(28)17(3)26(14-18-6-5-7-21(12-18)29-4)22(27)15-30-20-10-8-19(24)9-11-20/h5-12,16-17H,13-15H2,1-4H3,(H,25,28)/t17-/m1/s1. The van der Waals surface area contributed by atoms with Crippen molar-refractivity contribution in [2.45, 2.75) is 33.4 Å². The zero-order chi connectivity index (χ0) is 22.1.